The summed E-state index contributed by atoms with van der Waals surface area (Å²) in [5, 5.41) is 0. The van der Waals surface area contributed by atoms with Crippen LogP contribution in [0, 0.1) is 6.92 Å². The van der Waals surface area contributed by atoms with Crippen molar-refractivity contribution >= 4 is 12.4 Å². The van der Waals surface area contributed by atoms with Gasteiger partial charge in [0.05, 0.1) is 12.7 Å². The zero-order valence-electron chi connectivity index (χ0n) is 11.8. The first-order chi connectivity index (χ1) is 8.76. The Bertz CT molecular complexity index is 485. The van der Waals surface area contributed by atoms with E-state index in [1.807, 2.05) is 0 Å². The summed E-state index contributed by atoms with van der Waals surface area (Å²) in [6.07, 6.45) is -0.248. The predicted molar refractivity (Wildman–Crippen MR) is 70.0 cm³/mol. The van der Waals surface area contributed by atoms with E-state index in [2.05, 4.69) is 0 Å². The second-order valence-electron chi connectivity index (χ2n) is 5.04. The van der Waals surface area contributed by atoms with E-state index in [4.69, 9.17) is 14.2 Å². The van der Waals surface area contributed by atoms with Gasteiger partial charge in [-0.25, -0.2) is 4.79 Å². The quantitative estimate of drug-likeness (QED) is 0.478. The predicted octanol–water partition coefficient (Wildman–Crippen LogP) is 3.13. The summed E-state index contributed by atoms with van der Waals surface area (Å²) in [7, 11) is 1.51. The van der Waals surface area contributed by atoms with Gasteiger partial charge >= 0.3 is 6.16 Å². The fraction of sp³-hybridized carbons (Fsp3) is 0.429. The number of aldehydes is 1. The highest BCUT2D eigenvalue weighted by atomic mass is 16.7. The molecule has 0 bridgehead atoms. The minimum absolute atomic E-state index is 0.155. The van der Waals surface area contributed by atoms with Crippen molar-refractivity contribution in [2.75, 3.05) is 7.11 Å². The first-order valence-corrected chi connectivity index (χ1v) is 5.81. The summed E-state index contributed by atoms with van der Waals surface area (Å²) < 4.78 is 15.2. The molecule has 0 radical (unpaired) electrons. The molecule has 0 aromatic heterocycles. The van der Waals surface area contributed by atoms with Gasteiger partial charge in [-0.2, -0.15) is 0 Å². The highest BCUT2D eigenvalue weighted by Gasteiger charge is 2.20. The second-order valence-corrected chi connectivity index (χ2v) is 5.04. The minimum atomic E-state index is -0.847. The number of rotatable bonds is 3. The Balaban J connectivity index is 2.98. The smallest absolute Gasteiger partial charge is 0.496 e. The monoisotopic (exact) mass is 266 g/mol. The number of benzene rings is 1. The summed E-state index contributed by atoms with van der Waals surface area (Å²) in [5.74, 6) is 0.709. The lowest BCUT2D eigenvalue weighted by Gasteiger charge is -2.19. The second kappa shape index (κ2) is 5.73. The third-order valence-electron chi connectivity index (χ3n) is 2.24. The lowest BCUT2D eigenvalue weighted by Crippen LogP contribution is -2.26. The highest BCUT2D eigenvalue weighted by Crippen LogP contribution is 2.27. The maximum Gasteiger partial charge on any atom is 0.514 e. The Hall–Kier alpha value is -2.04. The highest BCUT2D eigenvalue weighted by molar-refractivity contribution is 5.82. The molecule has 19 heavy (non-hydrogen) atoms. The van der Waals surface area contributed by atoms with Crippen molar-refractivity contribution in [2.45, 2.75) is 33.3 Å². The molecule has 1 aromatic carbocycles. The van der Waals surface area contributed by atoms with E-state index in [1.165, 1.54) is 13.2 Å². The summed E-state index contributed by atoms with van der Waals surface area (Å²) in [6, 6.07) is 3.08. The molecule has 0 unspecified atom stereocenters. The van der Waals surface area contributed by atoms with Crippen molar-refractivity contribution in [1.82, 2.24) is 0 Å². The van der Waals surface area contributed by atoms with Crippen LogP contribution in [0.4, 0.5) is 4.79 Å². The fourth-order valence-corrected chi connectivity index (χ4v) is 1.44. The molecule has 1 aromatic rings. The molecule has 0 heterocycles. The molecule has 0 aliphatic carbocycles. The van der Waals surface area contributed by atoms with Gasteiger partial charge in [0.2, 0.25) is 0 Å². The third-order valence-corrected chi connectivity index (χ3v) is 2.24. The van der Waals surface area contributed by atoms with Crippen LogP contribution >= 0.6 is 0 Å². The van der Waals surface area contributed by atoms with Crippen molar-refractivity contribution in [3.8, 4) is 11.5 Å². The summed E-state index contributed by atoms with van der Waals surface area (Å²) in [4.78, 5) is 22.6. The lowest BCUT2D eigenvalue weighted by molar-refractivity contribution is 0.0205. The number of hydrogen-bond acceptors (Lipinski definition) is 5. The number of methoxy groups -OCH3 is 1. The Morgan fingerprint density at radius 2 is 1.84 bits per heavy atom. The van der Waals surface area contributed by atoms with E-state index in [1.54, 1.807) is 33.8 Å². The van der Waals surface area contributed by atoms with Crippen LogP contribution in [0.5, 0.6) is 11.5 Å². The average Bonchev–Trinajstić information content (AvgIpc) is 2.26. The molecular weight excluding hydrogens is 248 g/mol. The van der Waals surface area contributed by atoms with E-state index in [-0.39, 0.29) is 11.3 Å². The van der Waals surface area contributed by atoms with Gasteiger partial charge in [0, 0.05) is 0 Å². The fourth-order valence-electron chi connectivity index (χ4n) is 1.44. The molecular formula is C14H18O5. The molecule has 104 valence electrons. The molecule has 0 fully saturated rings. The number of hydrogen-bond donors (Lipinski definition) is 0. The topological polar surface area (TPSA) is 61.8 Å². The first kappa shape index (κ1) is 15.0. The van der Waals surface area contributed by atoms with Gasteiger partial charge in [-0.1, -0.05) is 0 Å². The van der Waals surface area contributed by atoms with Crippen molar-refractivity contribution in [3.05, 3.63) is 23.3 Å². The Morgan fingerprint density at radius 3 is 2.32 bits per heavy atom. The molecule has 0 saturated heterocycles. The van der Waals surface area contributed by atoms with Crippen LogP contribution in [0.15, 0.2) is 12.1 Å². The van der Waals surface area contributed by atoms with Gasteiger partial charge in [0.1, 0.15) is 17.1 Å². The van der Waals surface area contributed by atoms with Crippen LogP contribution in [-0.4, -0.2) is 25.2 Å². The maximum atomic E-state index is 11.6. The molecule has 0 atom stereocenters. The molecule has 0 amide bonds. The van der Waals surface area contributed by atoms with Gasteiger partial charge in [0.25, 0.3) is 0 Å². The average molecular weight is 266 g/mol. The van der Waals surface area contributed by atoms with Crippen LogP contribution in [-0.2, 0) is 4.74 Å². The number of aryl methyl sites for hydroxylation is 1. The minimum Gasteiger partial charge on any atom is -0.496 e. The Kier molecular flexibility index (Phi) is 4.53. The zero-order chi connectivity index (χ0) is 14.6. The van der Waals surface area contributed by atoms with Gasteiger partial charge < -0.3 is 14.2 Å². The molecule has 1 rings (SSSR count). The van der Waals surface area contributed by atoms with Gasteiger partial charge in [-0.3, -0.25) is 4.79 Å². The van der Waals surface area contributed by atoms with E-state index in [0.29, 0.717) is 12.0 Å². The van der Waals surface area contributed by atoms with E-state index in [0.717, 1.165) is 5.56 Å². The SMILES string of the molecule is COc1cc(C=O)c(OC(=O)OC(C)(C)C)cc1C. The molecule has 0 saturated carbocycles. The number of ether oxygens (including phenoxy) is 3. The molecule has 0 aliphatic rings. The standard InChI is InChI=1S/C14H18O5/c1-9-6-12(10(8-15)7-11(9)17-5)18-13(16)19-14(2,3)4/h6-8H,1-5H3. The Morgan fingerprint density at radius 1 is 1.21 bits per heavy atom. The molecule has 5 nitrogen and oxygen atoms in total. The Labute approximate surface area is 112 Å². The van der Waals surface area contributed by atoms with Crippen LogP contribution < -0.4 is 9.47 Å². The van der Waals surface area contributed by atoms with Gasteiger partial charge in [0.15, 0.2) is 6.29 Å². The van der Waals surface area contributed by atoms with Crippen LogP contribution in [0.25, 0.3) is 0 Å². The largest absolute Gasteiger partial charge is 0.514 e. The number of carbonyl (C=O) groups excluding carboxylic acids is 2. The van der Waals surface area contributed by atoms with Gasteiger partial charge in [-0.05, 0) is 45.4 Å². The maximum absolute atomic E-state index is 11.6. The van der Waals surface area contributed by atoms with Crippen molar-refractivity contribution in [1.29, 1.82) is 0 Å². The van der Waals surface area contributed by atoms with Crippen molar-refractivity contribution in [3.63, 3.8) is 0 Å². The van der Waals surface area contributed by atoms with E-state index >= 15 is 0 Å². The number of carbonyl (C=O) groups is 2. The van der Waals surface area contributed by atoms with Crippen molar-refractivity contribution in [2.24, 2.45) is 0 Å². The summed E-state index contributed by atoms with van der Waals surface area (Å²) in [5.41, 5.74) is 0.333. The van der Waals surface area contributed by atoms with E-state index < -0.39 is 11.8 Å². The third kappa shape index (κ3) is 4.28. The van der Waals surface area contributed by atoms with Crippen molar-refractivity contribution < 1.29 is 23.8 Å². The van der Waals surface area contributed by atoms with Gasteiger partial charge in [-0.15, -0.1) is 0 Å². The van der Waals surface area contributed by atoms with Crippen LogP contribution in [0.2, 0.25) is 0 Å². The molecule has 0 N–H and O–H groups in total. The summed E-state index contributed by atoms with van der Waals surface area (Å²) >= 11 is 0. The molecule has 0 aliphatic heterocycles. The normalized spacial score (nSPS) is 10.8. The lowest BCUT2D eigenvalue weighted by atomic mass is 10.1. The van der Waals surface area contributed by atoms with Crippen LogP contribution in [0.1, 0.15) is 36.7 Å². The van der Waals surface area contributed by atoms with Crippen LogP contribution in [0.3, 0.4) is 0 Å². The first-order valence-electron chi connectivity index (χ1n) is 5.81. The zero-order valence-corrected chi connectivity index (χ0v) is 11.8. The van der Waals surface area contributed by atoms with E-state index in [9.17, 15) is 9.59 Å². The molecule has 5 heteroatoms. The molecule has 0 spiro atoms. The summed E-state index contributed by atoms with van der Waals surface area (Å²) in [6.45, 7) is 6.98.